The van der Waals surface area contributed by atoms with E-state index in [-0.39, 0.29) is 5.02 Å². The second kappa shape index (κ2) is 3.28. The van der Waals surface area contributed by atoms with Crippen molar-refractivity contribution in [1.29, 1.82) is 0 Å². The first-order valence-electron chi connectivity index (χ1n) is 2.85. The quantitative estimate of drug-likeness (QED) is 0.617. The van der Waals surface area contributed by atoms with Gasteiger partial charge in [0.05, 0.1) is 9.95 Å². The van der Waals surface area contributed by atoms with Crippen LogP contribution in [0.15, 0.2) is 16.6 Å². The summed E-state index contributed by atoms with van der Waals surface area (Å²) in [7, 11) is 0. The van der Waals surface area contributed by atoms with E-state index < -0.39 is 16.4 Å². The molecule has 64 valence electrons. The minimum Gasteiger partial charge on any atom is -0.502 e. The number of phenols is 1. The molecule has 0 heterocycles. The summed E-state index contributed by atoms with van der Waals surface area (Å²) in [6, 6.07) is 2.27. The molecule has 6 heteroatoms. The van der Waals surface area contributed by atoms with Crippen molar-refractivity contribution in [3.63, 3.8) is 0 Å². The topological polar surface area (TPSA) is 63.4 Å². The van der Waals surface area contributed by atoms with Crippen LogP contribution in [0.5, 0.6) is 5.75 Å². The number of nitro benzene ring substituents is 1. The third kappa shape index (κ3) is 1.67. The van der Waals surface area contributed by atoms with Crippen LogP contribution in [0.25, 0.3) is 0 Å². The molecular formula is C6H3BrClNO3. The van der Waals surface area contributed by atoms with Crippen LogP contribution >= 0.6 is 27.5 Å². The van der Waals surface area contributed by atoms with Crippen LogP contribution in [-0.2, 0) is 0 Å². The van der Waals surface area contributed by atoms with Crippen LogP contribution in [0, 0.1) is 10.1 Å². The maximum atomic E-state index is 10.3. The Balaban J connectivity index is 3.33. The number of hydrogen-bond donors (Lipinski definition) is 1. The molecule has 0 spiro atoms. The molecule has 4 nitrogen and oxygen atoms in total. The van der Waals surface area contributed by atoms with Gasteiger partial charge < -0.3 is 5.11 Å². The zero-order valence-electron chi connectivity index (χ0n) is 5.62. The molecule has 0 aliphatic rings. The molecule has 1 N–H and O–H groups in total. The van der Waals surface area contributed by atoms with Gasteiger partial charge in [0.15, 0.2) is 5.75 Å². The molecule has 1 aromatic rings. The lowest BCUT2D eigenvalue weighted by atomic mass is 10.3. The first kappa shape index (κ1) is 9.28. The van der Waals surface area contributed by atoms with E-state index in [2.05, 4.69) is 15.9 Å². The Morgan fingerprint density at radius 2 is 2.17 bits per heavy atom. The van der Waals surface area contributed by atoms with E-state index >= 15 is 0 Å². The smallest absolute Gasteiger partial charge is 0.312 e. The lowest BCUT2D eigenvalue weighted by Gasteiger charge is -1.98. The predicted molar refractivity (Wildman–Crippen MR) is 47.5 cm³/mol. The molecule has 0 saturated carbocycles. The fourth-order valence-electron chi connectivity index (χ4n) is 0.672. The third-order valence-corrected chi connectivity index (χ3v) is 2.41. The molecular weight excluding hydrogens is 249 g/mol. The molecule has 0 fully saturated rings. The van der Waals surface area contributed by atoms with Crippen molar-refractivity contribution in [2.75, 3.05) is 0 Å². The molecule has 1 aromatic carbocycles. The van der Waals surface area contributed by atoms with Crippen molar-refractivity contribution >= 4 is 33.2 Å². The second-order valence-corrected chi connectivity index (χ2v) is 3.27. The normalized spacial score (nSPS) is 9.83. The SMILES string of the molecule is O=[N+]([O-])c1cc(Cl)c(Br)cc1O. The number of halogens is 2. The van der Waals surface area contributed by atoms with E-state index in [9.17, 15) is 10.1 Å². The van der Waals surface area contributed by atoms with Gasteiger partial charge in [0.1, 0.15) is 0 Å². The number of nitrogens with zero attached hydrogens (tertiary/aromatic N) is 1. The summed E-state index contributed by atoms with van der Waals surface area (Å²) < 4.78 is 0.423. The zero-order chi connectivity index (χ0) is 9.30. The molecule has 0 saturated heterocycles. The fourth-order valence-corrected chi connectivity index (χ4v) is 1.16. The van der Waals surface area contributed by atoms with E-state index in [0.717, 1.165) is 6.07 Å². The highest BCUT2D eigenvalue weighted by Gasteiger charge is 2.15. The zero-order valence-corrected chi connectivity index (χ0v) is 7.96. The average Bonchev–Trinajstić information content (AvgIpc) is 1.96. The number of rotatable bonds is 1. The summed E-state index contributed by atoms with van der Waals surface area (Å²) in [5, 5.41) is 19.5. The summed E-state index contributed by atoms with van der Waals surface area (Å²) in [6.45, 7) is 0. The van der Waals surface area contributed by atoms with Crippen LogP contribution in [0.2, 0.25) is 5.02 Å². The third-order valence-electron chi connectivity index (χ3n) is 1.21. The van der Waals surface area contributed by atoms with E-state index in [1.807, 2.05) is 0 Å². The van der Waals surface area contributed by atoms with Crippen LogP contribution in [0.3, 0.4) is 0 Å². The van der Waals surface area contributed by atoms with Gasteiger partial charge in [-0.3, -0.25) is 10.1 Å². The van der Waals surface area contributed by atoms with Gasteiger partial charge in [-0.25, -0.2) is 0 Å². The Labute approximate surface area is 81.0 Å². The first-order valence-corrected chi connectivity index (χ1v) is 4.02. The number of phenolic OH excluding ortho intramolecular Hbond substituents is 1. The number of benzene rings is 1. The van der Waals surface area contributed by atoms with E-state index in [1.165, 1.54) is 6.07 Å². The average molecular weight is 252 g/mol. The van der Waals surface area contributed by atoms with Crippen LogP contribution < -0.4 is 0 Å². The van der Waals surface area contributed by atoms with Gasteiger partial charge in [-0.05, 0) is 15.9 Å². The Morgan fingerprint density at radius 3 is 2.67 bits per heavy atom. The molecule has 0 aromatic heterocycles. The summed E-state index contributed by atoms with van der Waals surface area (Å²) in [5.41, 5.74) is -0.400. The van der Waals surface area contributed by atoms with E-state index in [0.29, 0.717) is 4.47 Å². The Morgan fingerprint density at radius 1 is 1.58 bits per heavy atom. The van der Waals surface area contributed by atoms with E-state index in [4.69, 9.17) is 16.7 Å². The molecule has 0 radical (unpaired) electrons. The summed E-state index contributed by atoms with van der Waals surface area (Å²) in [5.74, 6) is -0.406. The van der Waals surface area contributed by atoms with Gasteiger partial charge >= 0.3 is 5.69 Å². The minimum absolute atomic E-state index is 0.194. The van der Waals surface area contributed by atoms with Crippen molar-refractivity contribution in [2.24, 2.45) is 0 Å². The molecule has 0 bridgehead atoms. The Hall–Kier alpha value is -0.810. The number of nitro groups is 1. The summed E-state index contributed by atoms with van der Waals surface area (Å²) in [4.78, 5) is 9.56. The van der Waals surface area contributed by atoms with Crippen molar-refractivity contribution in [1.82, 2.24) is 0 Å². The van der Waals surface area contributed by atoms with Crippen molar-refractivity contribution in [2.45, 2.75) is 0 Å². The molecule has 0 amide bonds. The molecule has 0 unspecified atom stereocenters. The molecule has 0 atom stereocenters. The maximum absolute atomic E-state index is 10.3. The van der Waals surface area contributed by atoms with Gasteiger partial charge in [0.25, 0.3) is 0 Å². The lowest BCUT2D eigenvalue weighted by molar-refractivity contribution is -0.385. The second-order valence-electron chi connectivity index (χ2n) is 2.01. The monoisotopic (exact) mass is 251 g/mol. The predicted octanol–water partition coefficient (Wildman–Crippen LogP) is 2.72. The van der Waals surface area contributed by atoms with Crippen LogP contribution in [0.1, 0.15) is 0 Å². The largest absolute Gasteiger partial charge is 0.502 e. The first-order chi connectivity index (χ1) is 5.52. The fraction of sp³-hybridized carbons (Fsp3) is 0. The van der Waals surface area contributed by atoms with Crippen molar-refractivity contribution in [3.05, 3.63) is 31.7 Å². The number of aromatic hydroxyl groups is 1. The van der Waals surface area contributed by atoms with E-state index in [1.54, 1.807) is 0 Å². The minimum atomic E-state index is -0.701. The van der Waals surface area contributed by atoms with Gasteiger partial charge in [-0.15, -0.1) is 0 Å². The highest BCUT2D eigenvalue weighted by Crippen LogP contribution is 2.34. The van der Waals surface area contributed by atoms with Gasteiger partial charge in [0.2, 0.25) is 0 Å². The van der Waals surface area contributed by atoms with Crippen molar-refractivity contribution < 1.29 is 10.0 Å². The molecule has 0 aliphatic heterocycles. The summed E-state index contributed by atoms with van der Waals surface area (Å²) in [6.07, 6.45) is 0. The van der Waals surface area contributed by atoms with Gasteiger partial charge in [-0.1, -0.05) is 11.6 Å². The summed E-state index contributed by atoms with van der Waals surface area (Å²) >= 11 is 8.58. The highest BCUT2D eigenvalue weighted by molar-refractivity contribution is 9.10. The molecule has 1 rings (SSSR count). The standard InChI is InChI=1S/C6H3BrClNO3/c7-3-1-6(10)5(9(11)12)2-4(3)8/h1-2,10H. The van der Waals surface area contributed by atoms with Crippen molar-refractivity contribution in [3.8, 4) is 5.75 Å². The lowest BCUT2D eigenvalue weighted by Crippen LogP contribution is -1.88. The molecule has 12 heavy (non-hydrogen) atoms. The van der Waals surface area contributed by atoms with Gasteiger partial charge in [-0.2, -0.15) is 0 Å². The van der Waals surface area contributed by atoms with Crippen LogP contribution in [-0.4, -0.2) is 10.0 Å². The highest BCUT2D eigenvalue weighted by atomic mass is 79.9. The molecule has 0 aliphatic carbocycles. The maximum Gasteiger partial charge on any atom is 0.312 e. The Kier molecular flexibility index (Phi) is 2.54. The van der Waals surface area contributed by atoms with Gasteiger partial charge in [0, 0.05) is 16.6 Å². The number of hydrogen-bond acceptors (Lipinski definition) is 3. The van der Waals surface area contributed by atoms with Crippen LogP contribution in [0.4, 0.5) is 5.69 Å². The Bertz CT molecular complexity index is 342.